The molecule has 1 aliphatic heterocycles. The van der Waals surface area contributed by atoms with Crippen LogP contribution in [-0.4, -0.2) is 55.6 Å². The number of aromatic nitrogens is 2. The molecular weight excluding hydrogens is 338 g/mol. The molecule has 9 nitrogen and oxygen atoms in total. The van der Waals surface area contributed by atoms with E-state index < -0.39 is 5.91 Å². The first-order valence-electron chi connectivity index (χ1n) is 8.09. The second kappa shape index (κ2) is 7.95. The van der Waals surface area contributed by atoms with Crippen LogP contribution in [0.3, 0.4) is 0 Å². The van der Waals surface area contributed by atoms with Crippen LogP contribution in [-0.2, 0) is 4.74 Å². The minimum absolute atomic E-state index is 0.0329. The molecule has 2 heterocycles. The van der Waals surface area contributed by atoms with Gasteiger partial charge in [0.15, 0.2) is 0 Å². The number of carbonyl (C=O) groups excluding carboxylic acids is 1. The molecule has 0 aliphatic carbocycles. The number of hydrogen-bond donors (Lipinski definition) is 2. The zero-order chi connectivity index (χ0) is 18.5. The number of benzene rings is 1. The number of ether oxygens (including phenoxy) is 2. The first-order valence-corrected chi connectivity index (χ1v) is 8.09. The Morgan fingerprint density at radius 2 is 2.31 bits per heavy atom. The third kappa shape index (κ3) is 3.82. The zero-order valence-electron chi connectivity index (χ0n) is 14.5. The topological polar surface area (TPSA) is 122 Å². The van der Waals surface area contributed by atoms with Gasteiger partial charge in [-0.15, -0.1) is 10.2 Å². The molecule has 2 atom stereocenters. The van der Waals surface area contributed by atoms with E-state index in [4.69, 9.17) is 19.2 Å². The molecule has 0 bridgehead atoms. The van der Waals surface area contributed by atoms with Crippen LogP contribution in [0.5, 0.6) is 5.75 Å². The van der Waals surface area contributed by atoms with Gasteiger partial charge in [-0.3, -0.25) is 4.79 Å². The molecule has 2 N–H and O–H groups in total. The summed E-state index contributed by atoms with van der Waals surface area (Å²) in [5.74, 6) is 0.0107. The maximum atomic E-state index is 12.3. The fraction of sp³-hybridized carbons (Fsp3) is 0.412. The third-order valence-corrected chi connectivity index (χ3v) is 4.10. The Bertz CT molecular complexity index is 829. The minimum atomic E-state index is -0.441. The van der Waals surface area contributed by atoms with Crippen LogP contribution < -0.4 is 15.4 Å². The van der Waals surface area contributed by atoms with Gasteiger partial charge >= 0.3 is 11.8 Å². The van der Waals surface area contributed by atoms with E-state index in [2.05, 4.69) is 20.8 Å². The lowest BCUT2D eigenvalue weighted by molar-refractivity contribution is 0.0904. The number of nitrogens with one attached hydrogen (secondary N) is 2. The number of carbonyl (C=O) groups is 1. The molecule has 3 rings (SSSR count). The molecule has 1 amide bonds. The van der Waals surface area contributed by atoms with E-state index in [-0.39, 0.29) is 23.9 Å². The Morgan fingerprint density at radius 1 is 1.46 bits per heavy atom. The van der Waals surface area contributed by atoms with E-state index in [1.807, 2.05) is 6.07 Å². The quantitative estimate of drug-likeness (QED) is 0.775. The van der Waals surface area contributed by atoms with Crippen LogP contribution >= 0.6 is 0 Å². The average Bonchev–Trinajstić information content (AvgIpc) is 3.31. The van der Waals surface area contributed by atoms with Gasteiger partial charge in [0.2, 0.25) is 0 Å². The van der Waals surface area contributed by atoms with Gasteiger partial charge in [0, 0.05) is 25.7 Å². The van der Waals surface area contributed by atoms with E-state index in [1.54, 1.807) is 25.3 Å². The number of nitrogens with zero attached hydrogens (tertiary/aromatic N) is 3. The summed E-state index contributed by atoms with van der Waals surface area (Å²) in [4.78, 5) is 12.3. The lowest BCUT2D eigenvalue weighted by atomic mass is 10.1. The first-order chi connectivity index (χ1) is 12.6. The molecule has 1 saturated heterocycles. The summed E-state index contributed by atoms with van der Waals surface area (Å²) in [7, 11) is 3.14. The van der Waals surface area contributed by atoms with Crippen molar-refractivity contribution >= 4 is 5.91 Å². The summed E-state index contributed by atoms with van der Waals surface area (Å²) in [5, 5.41) is 22.9. The fourth-order valence-corrected chi connectivity index (χ4v) is 2.87. The number of rotatable bonds is 6. The van der Waals surface area contributed by atoms with Crippen molar-refractivity contribution in [2.45, 2.75) is 18.5 Å². The molecule has 136 valence electrons. The highest BCUT2D eigenvalue weighted by molar-refractivity contribution is 5.90. The fourth-order valence-electron chi connectivity index (χ4n) is 2.87. The van der Waals surface area contributed by atoms with E-state index in [0.29, 0.717) is 30.0 Å². The van der Waals surface area contributed by atoms with Crippen molar-refractivity contribution in [3.05, 3.63) is 29.7 Å². The van der Waals surface area contributed by atoms with Crippen LogP contribution in [0, 0.1) is 11.3 Å². The Labute approximate surface area is 150 Å². The lowest BCUT2D eigenvalue weighted by Gasteiger charge is -2.10. The predicted molar refractivity (Wildman–Crippen MR) is 90.5 cm³/mol. The summed E-state index contributed by atoms with van der Waals surface area (Å²) >= 11 is 0. The number of methoxy groups -OCH3 is 2. The molecule has 1 fully saturated rings. The van der Waals surface area contributed by atoms with Crippen molar-refractivity contribution in [2.75, 3.05) is 27.4 Å². The monoisotopic (exact) mass is 357 g/mol. The van der Waals surface area contributed by atoms with E-state index in [1.165, 1.54) is 7.11 Å². The second-order valence-corrected chi connectivity index (χ2v) is 5.91. The molecular formula is C17H19N5O4. The smallest absolute Gasteiger partial charge is 0.309 e. The first kappa shape index (κ1) is 17.8. The van der Waals surface area contributed by atoms with Gasteiger partial charge < -0.3 is 24.5 Å². The van der Waals surface area contributed by atoms with Crippen LogP contribution in [0.15, 0.2) is 22.6 Å². The van der Waals surface area contributed by atoms with Crippen LogP contribution in [0.1, 0.15) is 22.7 Å². The third-order valence-electron chi connectivity index (χ3n) is 4.10. The summed E-state index contributed by atoms with van der Waals surface area (Å²) in [6.07, 6.45) is 0.763. The largest absolute Gasteiger partial charge is 0.496 e. The normalized spacial score (nSPS) is 19.1. The summed E-state index contributed by atoms with van der Waals surface area (Å²) in [5.41, 5.74) is 0.881. The van der Waals surface area contributed by atoms with Crippen molar-refractivity contribution in [3.63, 3.8) is 0 Å². The SMILES string of the molecule is COC[C@@H]1C[C@@H](NC(=O)c2nnc(-c3cc(C#N)ccc3OC)o2)CN1. The van der Waals surface area contributed by atoms with Crippen molar-refractivity contribution in [1.29, 1.82) is 5.26 Å². The highest BCUT2D eigenvalue weighted by Crippen LogP contribution is 2.29. The Balaban J connectivity index is 1.72. The summed E-state index contributed by atoms with van der Waals surface area (Å²) in [6, 6.07) is 7.05. The summed E-state index contributed by atoms with van der Waals surface area (Å²) < 4.78 is 15.8. The van der Waals surface area contributed by atoms with E-state index in [9.17, 15) is 4.79 Å². The molecule has 0 spiro atoms. The van der Waals surface area contributed by atoms with Gasteiger partial charge in [0.25, 0.3) is 5.89 Å². The molecule has 0 saturated carbocycles. The Kier molecular flexibility index (Phi) is 5.46. The van der Waals surface area contributed by atoms with E-state index in [0.717, 1.165) is 6.42 Å². The van der Waals surface area contributed by atoms with Gasteiger partial charge in [0.1, 0.15) is 5.75 Å². The standard InChI is InChI=1S/C17H19N5O4/c1-24-9-12-6-11(8-19-12)20-15(23)17-22-21-16(26-17)13-5-10(7-18)3-4-14(13)25-2/h3-5,11-12,19H,6,8-9H2,1-2H3,(H,20,23)/t11-,12+/m1/s1. The van der Waals surface area contributed by atoms with Crippen LogP contribution in [0.4, 0.5) is 0 Å². The number of nitriles is 1. The van der Waals surface area contributed by atoms with Crippen LogP contribution in [0.2, 0.25) is 0 Å². The molecule has 0 radical (unpaired) electrons. The highest BCUT2D eigenvalue weighted by atomic mass is 16.5. The van der Waals surface area contributed by atoms with Gasteiger partial charge in [-0.1, -0.05) is 0 Å². The molecule has 1 aromatic carbocycles. The molecule has 0 unspecified atom stereocenters. The summed E-state index contributed by atoms with van der Waals surface area (Å²) in [6.45, 7) is 1.24. The predicted octanol–water partition coefficient (Wildman–Crippen LogP) is 0.724. The number of hydrogen-bond acceptors (Lipinski definition) is 8. The van der Waals surface area contributed by atoms with Gasteiger partial charge in [-0.05, 0) is 24.6 Å². The van der Waals surface area contributed by atoms with Gasteiger partial charge in [0.05, 0.1) is 30.9 Å². The molecule has 1 aliphatic rings. The zero-order valence-corrected chi connectivity index (χ0v) is 14.5. The highest BCUT2D eigenvalue weighted by Gasteiger charge is 2.27. The lowest BCUT2D eigenvalue weighted by Crippen LogP contribution is -2.36. The van der Waals surface area contributed by atoms with Crippen molar-refractivity contribution in [3.8, 4) is 23.3 Å². The van der Waals surface area contributed by atoms with E-state index >= 15 is 0 Å². The molecule has 26 heavy (non-hydrogen) atoms. The van der Waals surface area contributed by atoms with Crippen molar-refractivity contribution < 1.29 is 18.7 Å². The molecule has 1 aromatic heterocycles. The average molecular weight is 357 g/mol. The van der Waals surface area contributed by atoms with Crippen molar-refractivity contribution in [2.24, 2.45) is 0 Å². The Hall–Kier alpha value is -2.96. The van der Waals surface area contributed by atoms with Gasteiger partial charge in [-0.2, -0.15) is 5.26 Å². The molecule has 2 aromatic rings. The second-order valence-electron chi connectivity index (χ2n) is 5.91. The molecule has 9 heteroatoms. The maximum Gasteiger partial charge on any atom is 0.309 e. The number of amides is 1. The van der Waals surface area contributed by atoms with Crippen molar-refractivity contribution in [1.82, 2.24) is 20.8 Å². The van der Waals surface area contributed by atoms with Gasteiger partial charge in [-0.25, -0.2) is 0 Å². The van der Waals surface area contributed by atoms with Crippen LogP contribution in [0.25, 0.3) is 11.5 Å². The minimum Gasteiger partial charge on any atom is -0.496 e. The maximum absolute atomic E-state index is 12.3. The Morgan fingerprint density at radius 3 is 3.04 bits per heavy atom.